The number of hydrogen-bond acceptors (Lipinski definition) is 7. The molecule has 1 fully saturated rings. The highest BCUT2D eigenvalue weighted by atomic mass is 16.5. The molecule has 1 unspecified atom stereocenters. The summed E-state index contributed by atoms with van der Waals surface area (Å²) in [6.45, 7) is -0.0321. The number of rotatable bonds is 5. The Labute approximate surface area is 166 Å². The van der Waals surface area contributed by atoms with Crippen molar-refractivity contribution in [1.29, 1.82) is 0 Å². The molecule has 1 saturated heterocycles. The van der Waals surface area contributed by atoms with Crippen LogP contribution in [0.4, 0.5) is 17.1 Å². The van der Waals surface area contributed by atoms with Crippen LogP contribution in [0.1, 0.15) is 6.42 Å². The highest BCUT2D eigenvalue weighted by molar-refractivity contribution is 6.23. The second kappa shape index (κ2) is 7.34. The zero-order chi connectivity index (χ0) is 20.5. The minimum absolute atomic E-state index is 0.00707. The molecule has 3 amide bonds. The molecule has 9 nitrogen and oxygen atoms in total. The van der Waals surface area contributed by atoms with Gasteiger partial charge < -0.3 is 24.8 Å². The molecule has 0 aromatic heterocycles. The summed E-state index contributed by atoms with van der Waals surface area (Å²) in [5, 5.41) is 5.77. The molecule has 0 saturated carbocycles. The second-order valence-corrected chi connectivity index (χ2v) is 6.56. The molecular formula is C20H19N3O6. The third-order valence-electron chi connectivity index (χ3n) is 4.73. The van der Waals surface area contributed by atoms with E-state index in [-0.39, 0.29) is 30.7 Å². The zero-order valence-corrected chi connectivity index (χ0v) is 15.9. The van der Waals surface area contributed by atoms with Crippen LogP contribution in [0.2, 0.25) is 0 Å². The lowest BCUT2D eigenvalue weighted by molar-refractivity contribution is -0.121. The van der Waals surface area contributed by atoms with Gasteiger partial charge in [0, 0.05) is 11.8 Å². The number of carbonyl (C=O) groups excluding carboxylic acids is 3. The predicted octanol–water partition coefficient (Wildman–Crippen LogP) is 1.78. The first kappa shape index (κ1) is 18.6. The Kier molecular flexibility index (Phi) is 4.71. The molecule has 0 spiro atoms. The van der Waals surface area contributed by atoms with E-state index in [0.717, 1.165) is 4.90 Å². The van der Waals surface area contributed by atoms with E-state index in [1.54, 1.807) is 36.4 Å². The maximum atomic E-state index is 12.9. The van der Waals surface area contributed by atoms with E-state index < -0.39 is 6.04 Å². The second-order valence-electron chi connectivity index (χ2n) is 6.56. The van der Waals surface area contributed by atoms with Crippen molar-refractivity contribution in [2.45, 2.75) is 12.5 Å². The summed E-state index contributed by atoms with van der Waals surface area (Å²) in [6.07, 6.45) is 0.00707. The van der Waals surface area contributed by atoms with Gasteiger partial charge in [0.25, 0.3) is 11.8 Å². The van der Waals surface area contributed by atoms with Crippen LogP contribution in [0.25, 0.3) is 0 Å². The zero-order valence-electron chi connectivity index (χ0n) is 15.9. The van der Waals surface area contributed by atoms with Crippen molar-refractivity contribution in [3.63, 3.8) is 0 Å². The Morgan fingerprint density at radius 3 is 2.62 bits per heavy atom. The Balaban J connectivity index is 1.54. The van der Waals surface area contributed by atoms with Gasteiger partial charge >= 0.3 is 0 Å². The molecule has 2 aliphatic rings. The quantitative estimate of drug-likeness (QED) is 0.741. The summed E-state index contributed by atoms with van der Waals surface area (Å²) in [7, 11) is 2.99. The van der Waals surface area contributed by atoms with Gasteiger partial charge in [-0.1, -0.05) is 0 Å². The third kappa shape index (κ3) is 3.42. The molecule has 0 aliphatic carbocycles. The molecule has 1 atom stereocenters. The average molecular weight is 397 g/mol. The lowest BCUT2D eigenvalue weighted by Gasteiger charge is -2.20. The molecule has 4 rings (SSSR count). The van der Waals surface area contributed by atoms with Crippen LogP contribution in [0.5, 0.6) is 17.2 Å². The van der Waals surface area contributed by atoms with Gasteiger partial charge in [0.05, 0.1) is 32.0 Å². The third-order valence-corrected chi connectivity index (χ3v) is 4.73. The normalized spacial score (nSPS) is 18.1. The molecule has 0 radical (unpaired) electrons. The molecule has 150 valence electrons. The molecular weight excluding hydrogens is 378 g/mol. The van der Waals surface area contributed by atoms with Crippen molar-refractivity contribution in [2.24, 2.45) is 0 Å². The number of methoxy groups -OCH3 is 2. The van der Waals surface area contributed by atoms with Crippen molar-refractivity contribution in [3.05, 3.63) is 36.4 Å². The number of benzene rings is 2. The van der Waals surface area contributed by atoms with Crippen LogP contribution in [0.3, 0.4) is 0 Å². The van der Waals surface area contributed by atoms with Crippen LogP contribution >= 0.6 is 0 Å². The monoisotopic (exact) mass is 397 g/mol. The molecule has 2 aromatic rings. The summed E-state index contributed by atoms with van der Waals surface area (Å²) in [5.74, 6) is 0.530. The largest absolute Gasteiger partial charge is 0.493 e. The van der Waals surface area contributed by atoms with Crippen LogP contribution < -0.4 is 29.7 Å². The molecule has 2 N–H and O–H groups in total. The van der Waals surface area contributed by atoms with Gasteiger partial charge in [-0.25, -0.2) is 4.90 Å². The highest BCUT2D eigenvalue weighted by Crippen LogP contribution is 2.35. The van der Waals surface area contributed by atoms with Gasteiger partial charge in [-0.2, -0.15) is 0 Å². The maximum Gasteiger partial charge on any atom is 0.262 e. The number of nitrogens with zero attached hydrogens (tertiary/aromatic N) is 1. The van der Waals surface area contributed by atoms with Crippen LogP contribution in [-0.2, 0) is 14.4 Å². The summed E-state index contributed by atoms with van der Waals surface area (Å²) in [4.78, 5) is 38.0. The van der Waals surface area contributed by atoms with E-state index >= 15 is 0 Å². The first-order valence-electron chi connectivity index (χ1n) is 8.92. The smallest absolute Gasteiger partial charge is 0.262 e. The molecule has 0 bridgehead atoms. The number of imide groups is 1. The topological polar surface area (TPSA) is 106 Å². The highest BCUT2D eigenvalue weighted by Gasteiger charge is 2.40. The van der Waals surface area contributed by atoms with Crippen molar-refractivity contribution in [1.82, 2.24) is 0 Å². The predicted molar refractivity (Wildman–Crippen MR) is 105 cm³/mol. The number of nitrogens with one attached hydrogen (secondary N) is 2. The number of carbonyl (C=O) groups is 3. The van der Waals surface area contributed by atoms with E-state index in [2.05, 4.69) is 10.6 Å². The number of hydrogen-bond donors (Lipinski definition) is 2. The minimum atomic E-state index is -0.728. The average Bonchev–Trinajstić information content (AvgIpc) is 3.00. The molecule has 29 heavy (non-hydrogen) atoms. The molecule has 2 aromatic carbocycles. The summed E-state index contributed by atoms with van der Waals surface area (Å²) < 4.78 is 15.8. The SMILES string of the molecule is COc1ccc(N2C(=O)CC(Nc3ccc4c(c3)NC(=O)CO4)C2=O)cc1OC. The van der Waals surface area contributed by atoms with Gasteiger partial charge in [-0.05, 0) is 30.3 Å². The van der Waals surface area contributed by atoms with Gasteiger partial charge in [-0.3, -0.25) is 14.4 Å². The van der Waals surface area contributed by atoms with Crippen molar-refractivity contribution < 1.29 is 28.6 Å². The number of ether oxygens (including phenoxy) is 3. The van der Waals surface area contributed by atoms with Crippen molar-refractivity contribution in [3.8, 4) is 17.2 Å². The fraction of sp³-hybridized carbons (Fsp3) is 0.250. The van der Waals surface area contributed by atoms with Crippen LogP contribution in [0, 0.1) is 0 Å². The molecule has 2 heterocycles. The molecule has 2 aliphatic heterocycles. The Hall–Kier alpha value is -3.75. The first-order chi connectivity index (χ1) is 14.0. The van der Waals surface area contributed by atoms with E-state index in [4.69, 9.17) is 14.2 Å². The number of fused-ring (bicyclic) bond motifs is 1. The number of amides is 3. The Morgan fingerprint density at radius 2 is 1.86 bits per heavy atom. The molecule has 9 heteroatoms. The van der Waals surface area contributed by atoms with E-state index in [0.29, 0.717) is 34.3 Å². The van der Waals surface area contributed by atoms with Crippen molar-refractivity contribution in [2.75, 3.05) is 36.4 Å². The lowest BCUT2D eigenvalue weighted by atomic mass is 10.2. The Bertz CT molecular complexity index is 1010. The fourth-order valence-corrected chi connectivity index (χ4v) is 3.35. The van der Waals surface area contributed by atoms with Crippen molar-refractivity contribution >= 4 is 34.8 Å². The first-order valence-corrected chi connectivity index (χ1v) is 8.92. The summed E-state index contributed by atoms with van der Waals surface area (Å²) >= 11 is 0. The lowest BCUT2D eigenvalue weighted by Crippen LogP contribution is -2.34. The van der Waals surface area contributed by atoms with Gasteiger partial charge in [-0.15, -0.1) is 0 Å². The van der Waals surface area contributed by atoms with Gasteiger partial charge in [0.1, 0.15) is 11.8 Å². The summed E-state index contributed by atoms with van der Waals surface area (Å²) in [6, 6.07) is 9.23. The minimum Gasteiger partial charge on any atom is -0.493 e. The Morgan fingerprint density at radius 1 is 1.07 bits per heavy atom. The van der Waals surface area contributed by atoms with Crippen LogP contribution in [0.15, 0.2) is 36.4 Å². The van der Waals surface area contributed by atoms with Gasteiger partial charge in [0.2, 0.25) is 5.91 Å². The fourth-order valence-electron chi connectivity index (χ4n) is 3.35. The van der Waals surface area contributed by atoms with Gasteiger partial charge in [0.15, 0.2) is 18.1 Å². The standard InChI is InChI=1S/C20H19N3O6/c1-27-16-6-4-12(8-17(16)28-2)23-19(25)9-14(20(23)26)21-11-3-5-15-13(7-11)22-18(24)10-29-15/h3-8,14,21H,9-10H2,1-2H3,(H,22,24). The van der Waals surface area contributed by atoms with E-state index in [9.17, 15) is 14.4 Å². The van der Waals surface area contributed by atoms with Crippen LogP contribution in [-0.4, -0.2) is 44.6 Å². The number of anilines is 3. The summed E-state index contributed by atoms with van der Waals surface area (Å²) in [5.41, 5.74) is 1.52. The van der Waals surface area contributed by atoms with E-state index in [1.807, 2.05) is 0 Å². The van der Waals surface area contributed by atoms with E-state index in [1.165, 1.54) is 14.2 Å². The maximum absolute atomic E-state index is 12.9.